The zero-order valence-electron chi connectivity index (χ0n) is 10.4. The van der Waals surface area contributed by atoms with Crippen LogP contribution in [0.25, 0.3) is 11.3 Å². The van der Waals surface area contributed by atoms with Crippen LogP contribution in [0.2, 0.25) is 10.0 Å². The molecule has 0 spiro atoms. The van der Waals surface area contributed by atoms with E-state index < -0.39 is 0 Å². The van der Waals surface area contributed by atoms with E-state index in [1.54, 1.807) is 10.7 Å². The van der Waals surface area contributed by atoms with E-state index >= 15 is 0 Å². The summed E-state index contributed by atoms with van der Waals surface area (Å²) in [6, 6.07) is 5.42. The Bertz CT molecular complexity index is 556. The smallest absolute Gasteiger partial charge is 0.125 e. The van der Waals surface area contributed by atoms with Gasteiger partial charge in [-0.1, -0.05) is 36.5 Å². The molecule has 1 aromatic heterocycles. The highest BCUT2D eigenvalue weighted by atomic mass is 35.5. The van der Waals surface area contributed by atoms with Crippen molar-refractivity contribution in [3.8, 4) is 11.3 Å². The van der Waals surface area contributed by atoms with Gasteiger partial charge in [-0.2, -0.15) is 5.10 Å². The third-order valence-corrected chi connectivity index (χ3v) is 3.27. The average molecular weight is 284 g/mol. The lowest BCUT2D eigenvalue weighted by Gasteiger charge is -2.03. The van der Waals surface area contributed by atoms with E-state index in [0.29, 0.717) is 15.9 Å². The molecule has 0 bridgehead atoms. The Morgan fingerprint density at radius 1 is 1.22 bits per heavy atom. The van der Waals surface area contributed by atoms with Gasteiger partial charge in [-0.15, -0.1) is 0 Å². The molecule has 2 N–H and O–H groups in total. The molecule has 2 rings (SSSR count). The van der Waals surface area contributed by atoms with Crippen molar-refractivity contribution in [1.29, 1.82) is 0 Å². The van der Waals surface area contributed by atoms with Crippen LogP contribution in [0.15, 0.2) is 18.2 Å². The number of anilines is 1. The summed E-state index contributed by atoms with van der Waals surface area (Å²) in [5.74, 6) is 0.697. The van der Waals surface area contributed by atoms with Crippen molar-refractivity contribution >= 4 is 29.0 Å². The second-order valence-corrected chi connectivity index (χ2v) is 5.12. The molecule has 0 amide bonds. The highest BCUT2D eigenvalue weighted by Gasteiger charge is 2.15. The van der Waals surface area contributed by atoms with Crippen molar-refractivity contribution in [1.82, 2.24) is 9.78 Å². The molecule has 0 unspecified atom stereocenters. The van der Waals surface area contributed by atoms with Crippen LogP contribution in [-0.4, -0.2) is 9.78 Å². The summed E-state index contributed by atoms with van der Waals surface area (Å²) >= 11 is 12.1. The highest BCUT2D eigenvalue weighted by molar-refractivity contribution is 6.35. The quantitative estimate of drug-likeness (QED) is 0.928. The first-order valence-electron chi connectivity index (χ1n) is 5.80. The fourth-order valence-electron chi connectivity index (χ4n) is 2.00. The first kappa shape index (κ1) is 13.2. The summed E-state index contributed by atoms with van der Waals surface area (Å²) in [6.07, 6.45) is 1.90. The van der Waals surface area contributed by atoms with Gasteiger partial charge in [-0.3, -0.25) is 4.68 Å². The van der Waals surface area contributed by atoms with Crippen LogP contribution < -0.4 is 5.73 Å². The van der Waals surface area contributed by atoms with Crippen LogP contribution in [0.3, 0.4) is 0 Å². The minimum Gasteiger partial charge on any atom is -0.384 e. The summed E-state index contributed by atoms with van der Waals surface area (Å²) in [5, 5.41) is 5.66. The largest absolute Gasteiger partial charge is 0.384 e. The predicted molar refractivity (Wildman–Crippen MR) is 77.1 cm³/mol. The summed E-state index contributed by atoms with van der Waals surface area (Å²) < 4.78 is 1.69. The van der Waals surface area contributed by atoms with Crippen molar-refractivity contribution in [2.75, 3.05) is 5.73 Å². The molecule has 0 aliphatic carbocycles. The fourth-order valence-corrected chi connectivity index (χ4v) is 2.53. The molecule has 18 heavy (non-hydrogen) atoms. The van der Waals surface area contributed by atoms with Gasteiger partial charge >= 0.3 is 0 Å². The van der Waals surface area contributed by atoms with Gasteiger partial charge < -0.3 is 5.73 Å². The van der Waals surface area contributed by atoms with Gasteiger partial charge in [0.1, 0.15) is 5.82 Å². The summed E-state index contributed by atoms with van der Waals surface area (Å²) in [6.45, 7) is 2.11. The first-order valence-corrected chi connectivity index (χ1v) is 6.56. The minimum atomic E-state index is 0.601. The van der Waals surface area contributed by atoms with Crippen LogP contribution in [-0.2, 0) is 13.5 Å². The third-order valence-electron chi connectivity index (χ3n) is 2.83. The topological polar surface area (TPSA) is 43.8 Å². The van der Waals surface area contributed by atoms with Crippen molar-refractivity contribution in [3.63, 3.8) is 0 Å². The van der Waals surface area contributed by atoms with Gasteiger partial charge in [0.25, 0.3) is 0 Å². The standard InChI is InChI=1S/C13H15Cl2N3/c1-3-4-11-12(17-18(2)13(11)16)8-5-9(14)7-10(15)6-8/h5-7H,3-4,16H2,1-2H3. The van der Waals surface area contributed by atoms with Crippen molar-refractivity contribution in [2.45, 2.75) is 19.8 Å². The molecule has 0 aliphatic heterocycles. The molecular weight excluding hydrogens is 269 g/mol. The molecule has 5 heteroatoms. The molecule has 2 aromatic rings. The molecule has 0 radical (unpaired) electrons. The van der Waals surface area contributed by atoms with Crippen LogP contribution in [0.5, 0.6) is 0 Å². The lowest BCUT2D eigenvalue weighted by Crippen LogP contribution is -1.99. The first-order chi connectivity index (χ1) is 8.52. The van der Waals surface area contributed by atoms with E-state index in [4.69, 9.17) is 28.9 Å². The molecule has 0 aliphatic rings. The summed E-state index contributed by atoms with van der Waals surface area (Å²) in [5.41, 5.74) is 8.86. The number of nitrogens with zero attached hydrogens (tertiary/aromatic N) is 2. The second-order valence-electron chi connectivity index (χ2n) is 4.24. The Hall–Kier alpha value is -1.19. The average Bonchev–Trinajstić information content (AvgIpc) is 2.56. The van der Waals surface area contributed by atoms with E-state index in [1.165, 1.54) is 0 Å². The number of hydrogen-bond acceptors (Lipinski definition) is 2. The number of aromatic nitrogens is 2. The molecular formula is C13H15Cl2N3. The van der Waals surface area contributed by atoms with Gasteiger partial charge in [-0.05, 0) is 24.6 Å². The Morgan fingerprint density at radius 2 is 1.83 bits per heavy atom. The molecule has 0 saturated heterocycles. The number of aryl methyl sites for hydroxylation is 1. The molecule has 0 atom stereocenters. The van der Waals surface area contributed by atoms with Gasteiger partial charge in [0.05, 0.1) is 5.69 Å². The summed E-state index contributed by atoms with van der Waals surface area (Å²) in [7, 11) is 1.84. The van der Waals surface area contributed by atoms with E-state index in [-0.39, 0.29) is 0 Å². The zero-order valence-corrected chi connectivity index (χ0v) is 11.9. The molecule has 96 valence electrons. The fraction of sp³-hybridized carbons (Fsp3) is 0.308. The van der Waals surface area contributed by atoms with Gasteiger partial charge in [-0.25, -0.2) is 0 Å². The van der Waals surface area contributed by atoms with Crippen LogP contribution in [0, 0.1) is 0 Å². The van der Waals surface area contributed by atoms with Gasteiger partial charge in [0, 0.05) is 28.2 Å². The number of nitrogens with two attached hydrogens (primary N) is 1. The second kappa shape index (κ2) is 5.21. The number of nitrogen functional groups attached to an aromatic ring is 1. The lowest BCUT2D eigenvalue weighted by molar-refractivity contribution is 0.781. The normalized spacial score (nSPS) is 10.9. The maximum Gasteiger partial charge on any atom is 0.125 e. The molecule has 0 fully saturated rings. The molecule has 1 heterocycles. The maximum absolute atomic E-state index is 6.04. The number of rotatable bonds is 3. The van der Waals surface area contributed by atoms with E-state index in [0.717, 1.165) is 29.7 Å². The number of benzene rings is 1. The summed E-state index contributed by atoms with van der Waals surface area (Å²) in [4.78, 5) is 0. The number of halogens is 2. The maximum atomic E-state index is 6.04. The molecule has 0 saturated carbocycles. The minimum absolute atomic E-state index is 0.601. The number of hydrogen-bond donors (Lipinski definition) is 1. The highest BCUT2D eigenvalue weighted by Crippen LogP contribution is 2.31. The zero-order chi connectivity index (χ0) is 13.3. The van der Waals surface area contributed by atoms with Gasteiger partial charge in [0.2, 0.25) is 0 Å². The van der Waals surface area contributed by atoms with Crippen molar-refractivity contribution in [2.24, 2.45) is 7.05 Å². The van der Waals surface area contributed by atoms with E-state index in [1.807, 2.05) is 19.2 Å². The third kappa shape index (κ3) is 2.47. The van der Waals surface area contributed by atoms with Gasteiger partial charge in [0.15, 0.2) is 0 Å². The Kier molecular flexibility index (Phi) is 3.83. The van der Waals surface area contributed by atoms with Crippen LogP contribution >= 0.6 is 23.2 Å². The van der Waals surface area contributed by atoms with E-state index in [2.05, 4.69) is 12.0 Å². The lowest BCUT2D eigenvalue weighted by atomic mass is 10.0. The van der Waals surface area contributed by atoms with Crippen LogP contribution in [0.1, 0.15) is 18.9 Å². The van der Waals surface area contributed by atoms with Crippen molar-refractivity contribution < 1.29 is 0 Å². The Balaban J connectivity index is 2.59. The SMILES string of the molecule is CCCc1c(-c2cc(Cl)cc(Cl)c2)nn(C)c1N. The monoisotopic (exact) mass is 283 g/mol. The Morgan fingerprint density at radius 3 is 2.39 bits per heavy atom. The Labute approximate surface area is 117 Å². The van der Waals surface area contributed by atoms with Crippen LogP contribution in [0.4, 0.5) is 5.82 Å². The van der Waals surface area contributed by atoms with E-state index in [9.17, 15) is 0 Å². The molecule has 1 aromatic carbocycles. The predicted octanol–water partition coefficient (Wildman–Crippen LogP) is 3.93. The van der Waals surface area contributed by atoms with Crippen molar-refractivity contribution in [3.05, 3.63) is 33.8 Å². The molecule has 3 nitrogen and oxygen atoms in total.